The van der Waals surface area contributed by atoms with Gasteiger partial charge in [-0.25, -0.2) is 4.98 Å². The number of aliphatic hydroxyl groups is 1. The predicted molar refractivity (Wildman–Crippen MR) is 71.2 cm³/mol. The third kappa shape index (κ3) is 4.05. The lowest BCUT2D eigenvalue weighted by Gasteiger charge is -2.25. The van der Waals surface area contributed by atoms with Gasteiger partial charge in [-0.3, -0.25) is 0 Å². The van der Waals surface area contributed by atoms with Crippen molar-refractivity contribution in [3.05, 3.63) is 16.1 Å². The summed E-state index contributed by atoms with van der Waals surface area (Å²) in [5.41, 5.74) is 0. The molecule has 0 atom stereocenters. The van der Waals surface area contributed by atoms with Gasteiger partial charge < -0.3 is 10.4 Å². The highest BCUT2D eigenvalue weighted by molar-refractivity contribution is 7.11. The van der Waals surface area contributed by atoms with Crippen molar-refractivity contribution in [2.24, 2.45) is 5.92 Å². The molecule has 0 bridgehead atoms. The first-order valence-electron chi connectivity index (χ1n) is 6.60. The van der Waals surface area contributed by atoms with Gasteiger partial charge in [-0.1, -0.05) is 6.92 Å². The summed E-state index contributed by atoms with van der Waals surface area (Å²) in [5.74, 6) is 0.747. The minimum Gasteiger partial charge on any atom is -0.393 e. The van der Waals surface area contributed by atoms with Crippen LogP contribution in [0.5, 0.6) is 0 Å². The van der Waals surface area contributed by atoms with Crippen LogP contribution in [0.4, 0.5) is 0 Å². The second kappa shape index (κ2) is 6.47. The highest BCUT2D eigenvalue weighted by atomic mass is 32.1. The molecule has 1 aromatic rings. The molecule has 0 amide bonds. The molecule has 0 unspecified atom stereocenters. The Hall–Kier alpha value is -0.450. The number of hydrogen-bond acceptors (Lipinski definition) is 4. The molecular formula is C13H22N2OS. The summed E-state index contributed by atoms with van der Waals surface area (Å²) in [5, 5.41) is 14.2. The van der Waals surface area contributed by atoms with Crippen LogP contribution >= 0.6 is 11.3 Å². The Morgan fingerprint density at radius 2 is 2.18 bits per heavy atom. The van der Waals surface area contributed by atoms with Crippen LogP contribution in [-0.2, 0) is 13.0 Å². The Kier molecular flexibility index (Phi) is 4.95. The number of thiazole rings is 1. The van der Waals surface area contributed by atoms with Crippen LogP contribution in [0.2, 0.25) is 0 Å². The molecule has 0 aliphatic heterocycles. The van der Waals surface area contributed by atoms with Gasteiger partial charge in [-0.2, -0.15) is 0 Å². The average Bonchev–Trinajstić information content (AvgIpc) is 2.80. The first kappa shape index (κ1) is 13.0. The molecule has 0 saturated heterocycles. The van der Waals surface area contributed by atoms with Crippen LogP contribution in [-0.4, -0.2) is 22.7 Å². The standard InChI is InChI=1S/C13H22N2OS/c1-2-13-15-9-12(17-13)8-14-7-10-3-5-11(16)6-4-10/h9-11,14,16H,2-8H2,1H3. The van der Waals surface area contributed by atoms with E-state index in [1.807, 2.05) is 6.20 Å². The molecule has 96 valence electrons. The molecule has 2 N–H and O–H groups in total. The van der Waals surface area contributed by atoms with E-state index in [0.29, 0.717) is 0 Å². The van der Waals surface area contributed by atoms with E-state index >= 15 is 0 Å². The fraction of sp³-hybridized carbons (Fsp3) is 0.769. The van der Waals surface area contributed by atoms with E-state index in [0.717, 1.165) is 51.1 Å². The molecule has 0 aromatic carbocycles. The molecule has 2 rings (SSSR count). The van der Waals surface area contributed by atoms with E-state index in [-0.39, 0.29) is 6.10 Å². The Balaban J connectivity index is 1.65. The second-order valence-electron chi connectivity index (χ2n) is 4.88. The molecular weight excluding hydrogens is 232 g/mol. The third-order valence-electron chi connectivity index (χ3n) is 3.45. The Morgan fingerprint density at radius 1 is 1.41 bits per heavy atom. The molecule has 1 saturated carbocycles. The molecule has 3 nitrogen and oxygen atoms in total. The van der Waals surface area contributed by atoms with Crippen molar-refractivity contribution >= 4 is 11.3 Å². The van der Waals surface area contributed by atoms with Crippen LogP contribution < -0.4 is 5.32 Å². The van der Waals surface area contributed by atoms with E-state index in [4.69, 9.17) is 0 Å². The average molecular weight is 254 g/mol. The third-order valence-corrected chi connectivity index (χ3v) is 4.59. The highest BCUT2D eigenvalue weighted by Crippen LogP contribution is 2.23. The molecule has 1 heterocycles. The van der Waals surface area contributed by atoms with Gasteiger partial charge in [0.05, 0.1) is 11.1 Å². The largest absolute Gasteiger partial charge is 0.393 e. The molecule has 17 heavy (non-hydrogen) atoms. The predicted octanol–water partition coefficient (Wildman–Crippen LogP) is 2.35. The summed E-state index contributed by atoms with van der Waals surface area (Å²) in [6.45, 7) is 4.16. The van der Waals surface area contributed by atoms with Crippen LogP contribution in [0.3, 0.4) is 0 Å². The minimum absolute atomic E-state index is 0.0418. The lowest BCUT2D eigenvalue weighted by Crippen LogP contribution is -2.27. The smallest absolute Gasteiger partial charge is 0.0925 e. The van der Waals surface area contributed by atoms with Crippen LogP contribution in [0.15, 0.2) is 6.20 Å². The number of nitrogens with zero attached hydrogens (tertiary/aromatic N) is 1. The number of aryl methyl sites for hydroxylation is 1. The van der Waals surface area contributed by atoms with E-state index in [1.54, 1.807) is 11.3 Å². The van der Waals surface area contributed by atoms with Crippen LogP contribution in [0, 0.1) is 5.92 Å². The Bertz CT molecular complexity index is 332. The quantitative estimate of drug-likeness (QED) is 0.848. The van der Waals surface area contributed by atoms with Crippen LogP contribution in [0.25, 0.3) is 0 Å². The molecule has 4 heteroatoms. The first-order valence-corrected chi connectivity index (χ1v) is 7.42. The summed E-state index contributed by atoms with van der Waals surface area (Å²) in [7, 11) is 0. The molecule has 1 aliphatic carbocycles. The SMILES string of the molecule is CCc1ncc(CNCC2CCC(O)CC2)s1. The van der Waals surface area contributed by atoms with Gasteiger partial charge in [0.2, 0.25) is 0 Å². The summed E-state index contributed by atoms with van der Waals surface area (Å²) in [6.07, 6.45) is 7.26. The van der Waals surface area contributed by atoms with Gasteiger partial charge in [0.25, 0.3) is 0 Å². The highest BCUT2D eigenvalue weighted by Gasteiger charge is 2.18. The zero-order valence-corrected chi connectivity index (χ0v) is 11.3. The summed E-state index contributed by atoms with van der Waals surface area (Å²) in [4.78, 5) is 5.69. The number of rotatable bonds is 5. The van der Waals surface area contributed by atoms with Gasteiger partial charge >= 0.3 is 0 Å². The minimum atomic E-state index is -0.0418. The fourth-order valence-electron chi connectivity index (χ4n) is 2.34. The van der Waals surface area contributed by atoms with Crippen molar-refractivity contribution in [1.82, 2.24) is 10.3 Å². The maximum Gasteiger partial charge on any atom is 0.0925 e. The van der Waals surface area contributed by atoms with Crippen LogP contribution in [0.1, 0.15) is 42.5 Å². The van der Waals surface area contributed by atoms with E-state index < -0.39 is 0 Å². The summed E-state index contributed by atoms with van der Waals surface area (Å²) in [6, 6.07) is 0. The second-order valence-corrected chi connectivity index (χ2v) is 6.08. The van der Waals surface area contributed by atoms with Crippen molar-refractivity contribution in [3.63, 3.8) is 0 Å². The van der Waals surface area contributed by atoms with Crippen molar-refractivity contribution < 1.29 is 5.11 Å². The molecule has 0 spiro atoms. The van der Waals surface area contributed by atoms with Gasteiger partial charge in [0.15, 0.2) is 0 Å². The normalized spacial score (nSPS) is 25.1. The zero-order valence-electron chi connectivity index (χ0n) is 10.5. The Labute approximate surface area is 107 Å². The summed E-state index contributed by atoms with van der Waals surface area (Å²) < 4.78 is 0. The number of aromatic nitrogens is 1. The van der Waals surface area contributed by atoms with Crippen molar-refractivity contribution in [1.29, 1.82) is 0 Å². The monoisotopic (exact) mass is 254 g/mol. The maximum absolute atomic E-state index is 9.43. The fourth-order valence-corrected chi connectivity index (χ4v) is 3.17. The zero-order chi connectivity index (χ0) is 12.1. The molecule has 0 radical (unpaired) electrons. The number of aliphatic hydroxyl groups excluding tert-OH is 1. The maximum atomic E-state index is 9.43. The number of hydrogen-bond donors (Lipinski definition) is 2. The van der Waals surface area contributed by atoms with Crippen molar-refractivity contribution in [2.45, 2.75) is 51.7 Å². The number of nitrogens with one attached hydrogen (secondary N) is 1. The lowest BCUT2D eigenvalue weighted by molar-refractivity contribution is 0.108. The Morgan fingerprint density at radius 3 is 2.82 bits per heavy atom. The van der Waals surface area contributed by atoms with Gasteiger partial charge in [0.1, 0.15) is 0 Å². The lowest BCUT2D eigenvalue weighted by atomic mass is 9.87. The van der Waals surface area contributed by atoms with E-state index in [1.165, 1.54) is 9.88 Å². The molecule has 1 aliphatic rings. The van der Waals surface area contributed by atoms with E-state index in [9.17, 15) is 5.11 Å². The topological polar surface area (TPSA) is 45.2 Å². The van der Waals surface area contributed by atoms with Gasteiger partial charge in [-0.15, -0.1) is 11.3 Å². The summed E-state index contributed by atoms with van der Waals surface area (Å²) >= 11 is 1.81. The van der Waals surface area contributed by atoms with Crippen molar-refractivity contribution in [3.8, 4) is 0 Å². The van der Waals surface area contributed by atoms with Gasteiger partial charge in [0, 0.05) is 17.6 Å². The molecule has 1 aromatic heterocycles. The van der Waals surface area contributed by atoms with Gasteiger partial charge in [-0.05, 0) is 44.6 Å². The first-order chi connectivity index (χ1) is 8.28. The molecule has 1 fully saturated rings. The van der Waals surface area contributed by atoms with Crippen molar-refractivity contribution in [2.75, 3.05) is 6.54 Å². The van der Waals surface area contributed by atoms with E-state index in [2.05, 4.69) is 17.2 Å².